The highest BCUT2D eigenvalue weighted by Crippen LogP contribution is 2.42. The Morgan fingerprint density at radius 3 is 2.45 bits per heavy atom. The van der Waals surface area contributed by atoms with Gasteiger partial charge in [-0.25, -0.2) is 5.48 Å². The predicted molar refractivity (Wildman–Crippen MR) is 123 cm³/mol. The number of carbonyl (C=O) groups excluding carboxylic acids is 3. The molecule has 2 aromatic rings. The molecule has 0 radical (unpaired) electrons. The molecule has 0 aliphatic carbocycles. The third kappa shape index (κ3) is 6.16. The Bertz CT molecular complexity index is 951. The van der Waals surface area contributed by atoms with Crippen molar-refractivity contribution in [2.75, 3.05) is 6.54 Å². The summed E-state index contributed by atoms with van der Waals surface area (Å²) >= 11 is 0. The first-order valence-corrected chi connectivity index (χ1v) is 11.3. The Balaban J connectivity index is 1.84. The van der Waals surface area contributed by atoms with Crippen molar-refractivity contribution in [2.45, 2.75) is 52.1 Å². The number of hydrogen-bond acceptors (Lipinski definition) is 5. The Kier molecular flexibility index (Phi) is 8.16. The summed E-state index contributed by atoms with van der Waals surface area (Å²) in [6, 6.07) is 12.5. The maximum Gasteiger partial charge on any atom is 0.244 e. The second kappa shape index (κ2) is 11.0. The molecule has 0 bridgehead atoms. The molecule has 1 saturated heterocycles. The van der Waals surface area contributed by atoms with Crippen molar-refractivity contribution in [3.63, 3.8) is 0 Å². The first kappa shape index (κ1) is 24.4. The van der Waals surface area contributed by atoms with E-state index in [0.717, 1.165) is 11.1 Å². The maximum absolute atomic E-state index is 13.7. The van der Waals surface area contributed by atoms with Gasteiger partial charge in [-0.2, -0.15) is 0 Å². The number of carbonyl (C=O) groups is 3. The van der Waals surface area contributed by atoms with Crippen molar-refractivity contribution >= 4 is 17.7 Å². The van der Waals surface area contributed by atoms with Gasteiger partial charge in [0.05, 0.1) is 5.41 Å². The summed E-state index contributed by atoms with van der Waals surface area (Å²) in [5, 5.41) is 12.0. The molecule has 0 spiro atoms. The van der Waals surface area contributed by atoms with Gasteiger partial charge < -0.3 is 10.2 Å². The van der Waals surface area contributed by atoms with Crippen LogP contribution in [0.1, 0.15) is 44.2 Å². The van der Waals surface area contributed by atoms with Crippen molar-refractivity contribution < 1.29 is 19.6 Å². The molecular weight excluding hydrogens is 420 g/mol. The van der Waals surface area contributed by atoms with E-state index in [-0.39, 0.29) is 24.2 Å². The van der Waals surface area contributed by atoms with Gasteiger partial charge in [-0.1, -0.05) is 44.2 Å². The quantitative estimate of drug-likeness (QED) is 0.379. The number of hydrogen-bond donors (Lipinski definition) is 3. The van der Waals surface area contributed by atoms with Gasteiger partial charge in [0, 0.05) is 38.3 Å². The molecule has 3 amide bonds. The van der Waals surface area contributed by atoms with E-state index in [1.165, 1.54) is 0 Å². The van der Waals surface area contributed by atoms with Crippen LogP contribution in [0, 0.1) is 11.3 Å². The zero-order valence-electron chi connectivity index (χ0n) is 19.2. The van der Waals surface area contributed by atoms with Gasteiger partial charge in [0.25, 0.3) is 0 Å². The Morgan fingerprint density at radius 2 is 1.82 bits per heavy atom. The minimum Gasteiger partial charge on any atom is -0.350 e. The minimum atomic E-state index is -0.929. The molecular formula is C25H32N4O4. The maximum atomic E-state index is 13.7. The SMILES string of the molecule is CC(C)C[C@@]1(CC(=O)NO)CCN([C@H](Cc2ccccc2)C(=O)NCc2ccncc2)C1=O. The van der Waals surface area contributed by atoms with Crippen LogP contribution in [0.25, 0.3) is 0 Å². The highest BCUT2D eigenvalue weighted by molar-refractivity contribution is 5.94. The van der Waals surface area contributed by atoms with Gasteiger partial charge in [0.15, 0.2) is 0 Å². The largest absolute Gasteiger partial charge is 0.350 e. The summed E-state index contributed by atoms with van der Waals surface area (Å²) in [7, 11) is 0. The minimum absolute atomic E-state index is 0.103. The highest BCUT2D eigenvalue weighted by Gasteiger charge is 2.50. The van der Waals surface area contributed by atoms with Crippen LogP contribution in [-0.2, 0) is 27.3 Å². The molecule has 33 heavy (non-hydrogen) atoms. The second-order valence-electron chi connectivity index (χ2n) is 9.12. The fraction of sp³-hybridized carbons (Fsp3) is 0.440. The Labute approximate surface area is 194 Å². The van der Waals surface area contributed by atoms with Crippen molar-refractivity contribution in [2.24, 2.45) is 11.3 Å². The molecule has 1 aromatic carbocycles. The summed E-state index contributed by atoms with van der Waals surface area (Å²) in [4.78, 5) is 44.7. The van der Waals surface area contributed by atoms with Gasteiger partial charge in [-0.05, 0) is 42.0 Å². The number of pyridine rings is 1. The second-order valence-corrected chi connectivity index (χ2v) is 9.12. The molecule has 1 aliphatic heterocycles. The summed E-state index contributed by atoms with van der Waals surface area (Å²) in [6.45, 7) is 4.71. The number of aromatic nitrogens is 1. The van der Waals surface area contributed by atoms with Crippen LogP contribution in [0.2, 0.25) is 0 Å². The molecule has 1 aromatic heterocycles. The fourth-order valence-corrected chi connectivity index (χ4v) is 4.69. The normalized spacial score (nSPS) is 18.9. The molecule has 8 heteroatoms. The van der Waals surface area contributed by atoms with E-state index < -0.39 is 17.4 Å². The summed E-state index contributed by atoms with van der Waals surface area (Å²) in [6.07, 6.45) is 4.57. The van der Waals surface area contributed by atoms with Crippen molar-refractivity contribution in [1.29, 1.82) is 0 Å². The molecule has 0 saturated carbocycles. The third-order valence-corrected chi connectivity index (χ3v) is 6.14. The molecule has 3 rings (SSSR count). The predicted octanol–water partition coefficient (Wildman–Crippen LogP) is 2.47. The van der Waals surface area contributed by atoms with E-state index in [9.17, 15) is 14.4 Å². The van der Waals surface area contributed by atoms with Gasteiger partial charge in [-0.3, -0.25) is 24.6 Å². The Hall–Kier alpha value is -3.26. The monoisotopic (exact) mass is 452 g/mol. The number of likely N-dealkylation sites (tertiary alicyclic amines) is 1. The number of benzene rings is 1. The van der Waals surface area contributed by atoms with Crippen LogP contribution in [0.4, 0.5) is 0 Å². The van der Waals surface area contributed by atoms with Crippen LogP contribution in [0.15, 0.2) is 54.9 Å². The average molecular weight is 453 g/mol. The third-order valence-electron chi connectivity index (χ3n) is 6.14. The molecule has 3 N–H and O–H groups in total. The molecule has 1 aliphatic rings. The lowest BCUT2D eigenvalue weighted by atomic mass is 9.75. The lowest BCUT2D eigenvalue weighted by Gasteiger charge is -2.32. The van der Waals surface area contributed by atoms with E-state index in [4.69, 9.17) is 5.21 Å². The van der Waals surface area contributed by atoms with Crippen molar-refractivity contribution in [3.8, 4) is 0 Å². The van der Waals surface area contributed by atoms with Crippen molar-refractivity contribution in [1.82, 2.24) is 20.7 Å². The smallest absolute Gasteiger partial charge is 0.244 e. The topological polar surface area (TPSA) is 112 Å². The summed E-state index contributed by atoms with van der Waals surface area (Å²) < 4.78 is 0. The first-order valence-electron chi connectivity index (χ1n) is 11.3. The van der Waals surface area contributed by atoms with Crippen LogP contribution in [0.5, 0.6) is 0 Å². The van der Waals surface area contributed by atoms with Crippen LogP contribution >= 0.6 is 0 Å². The number of amides is 3. The van der Waals surface area contributed by atoms with Gasteiger partial charge in [0.2, 0.25) is 17.7 Å². The van der Waals surface area contributed by atoms with E-state index in [1.54, 1.807) is 22.8 Å². The lowest BCUT2D eigenvalue weighted by Crippen LogP contribution is -2.51. The molecule has 176 valence electrons. The lowest BCUT2D eigenvalue weighted by molar-refractivity contribution is -0.147. The zero-order chi connectivity index (χ0) is 23.8. The zero-order valence-corrected chi connectivity index (χ0v) is 19.2. The summed E-state index contributed by atoms with van der Waals surface area (Å²) in [5.74, 6) is -0.864. The molecule has 1 fully saturated rings. The molecule has 8 nitrogen and oxygen atoms in total. The van der Waals surface area contributed by atoms with Gasteiger partial charge in [0.1, 0.15) is 6.04 Å². The van der Waals surface area contributed by atoms with E-state index in [1.807, 2.05) is 56.3 Å². The van der Waals surface area contributed by atoms with E-state index >= 15 is 0 Å². The number of nitrogens with zero attached hydrogens (tertiary/aromatic N) is 2. The first-order chi connectivity index (χ1) is 15.8. The standard InChI is InChI=1S/C25H32N4O4/c1-18(2)15-25(16-22(30)28-33)10-13-29(24(25)32)21(14-19-6-4-3-5-7-19)23(31)27-17-20-8-11-26-12-9-20/h3-9,11-12,18,21,33H,10,13-17H2,1-2H3,(H,27,31)(H,28,30)/t21-,25-/m1/s1. The fourth-order valence-electron chi connectivity index (χ4n) is 4.69. The summed E-state index contributed by atoms with van der Waals surface area (Å²) in [5.41, 5.74) is 2.60. The molecule has 2 atom stereocenters. The highest BCUT2D eigenvalue weighted by atomic mass is 16.5. The molecule has 0 unspecified atom stereocenters. The van der Waals surface area contributed by atoms with Crippen LogP contribution in [-0.4, -0.2) is 45.4 Å². The molecule has 2 heterocycles. The van der Waals surface area contributed by atoms with Gasteiger partial charge in [-0.15, -0.1) is 0 Å². The van der Waals surface area contributed by atoms with Crippen LogP contribution in [0.3, 0.4) is 0 Å². The van der Waals surface area contributed by atoms with Crippen molar-refractivity contribution in [3.05, 3.63) is 66.0 Å². The van der Waals surface area contributed by atoms with Crippen LogP contribution < -0.4 is 10.8 Å². The Morgan fingerprint density at radius 1 is 1.12 bits per heavy atom. The average Bonchev–Trinajstić information content (AvgIpc) is 3.11. The van der Waals surface area contributed by atoms with E-state index in [2.05, 4.69) is 10.3 Å². The number of rotatable bonds is 10. The number of hydroxylamine groups is 1. The van der Waals surface area contributed by atoms with E-state index in [0.29, 0.717) is 32.4 Å². The van der Waals surface area contributed by atoms with Gasteiger partial charge >= 0.3 is 0 Å². The number of nitrogens with one attached hydrogen (secondary N) is 2.